The molecule has 0 fully saturated rings. The molecule has 1 aromatic heterocycles. The number of hydrogen-bond donors (Lipinski definition) is 2. The smallest absolute Gasteiger partial charge is 0.234 e. The van der Waals surface area contributed by atoms with Gasteiger partial charge in [-0.25, -0.2) is 0 Å². The molecule has 1 atom stereocenters. The van der Waals surface area contributed by atoms with E-state index in [1.165, 1.54) is 12.6 Å². The van der Waals surface area contributed by atoms with Gasteiger partial charge < -0.3 is 15.1 Å². The van der Waals surface area contributed by atoms with Crippen LogP contribution in [0.25, 0.3) is 0 Å². The summed E-state index contributed by atoms with van der Waals surface area (Å²) in [6.07, 6.45) is 5.30. The molecular weight excluding hydrogens is 266 g/mol. The van der Waals surface area contributed by atoms with E-state index in [2.05, 4.69) is 16.9 Å². The molecule has 1 aliphatic heterocycles. The fourth-order valence-electron chi connectivity index (χ4n) is 2.42. The molecule has 0 aliphatic carbocycles. The van der Waals surface area contributed by atoms with Crippen molar-refractivity contribution in [1.82, 2.24) is 9.88 Å². The summed E-state index contributed by atoms with van der Waals surface area (Å²) in [5, 5.41) is 19.8. The monoisotopic (exact) mass is 289 g/mol. The van der Waals surface area contributed by atoms with Crippen LogP contribution in [0, 0.1) is 6.92 Å². The molecule has 5 heteroatoms. The molecule has 114 valence electrons. The minimum Gasteiger partial charge on any atom is -0.502 e. The summed E-state index contributed by atoms with van der Waals surface area (Å²) in [7, 11) is 0. The van der Waals surface area contributed by atoms with Crippen molar-refractivity contribution in [2.45, 2.75) is 45.7 Å². The van der Waals surface area contributed by atoms with Gasteiger partial charge in [-0.15, -0.1) is 0 Å². The van der Waals surface area contributed by atoms with Gasteiger partial charge in [-0.2, -0.15) is 0 Å². The van der Waals surface area contributed by atoms with Crippen LogP contribution < -0.4 is 0 Å². The van der Waals surface area contributed by atoms with Crippen LogP contribution >= 0.6 is 0 Å². The van der Waals surface area contributed by atoms with Crippen LogP contribution in [0.2, 0.25) is 0 Å². The first-order valence-corrected chi connectivity index (χ1v) is 7.49. The summed E-state index contributed by atoms with van der Waals surface area (Å²) in [5.41, 5.74) is 1.69. The molecule has 0 aromatic carbocycles. The number of hydrogen-bond acceptors (Lipinski definition) is 5. The van der Waals surface area contributed by atoms with Crippen molar-refractivity contribution in [3.8, 4) is 0 Å². The van der Waals surface area contributed by atoms with E-state index in [1.54, 1.807) is 4.90 Å². The van der Waals surface area contributed by atoms with E-state index in [1.807, 2.05) is 25.1 Å². The Labute approximate surface area is 125 Å². The van der Waals surface area contributed by atoms with Gasteiger partial charge in [0.25, 0.3) is 0 Å². The van der Waals surface area contributed by atoms with Gasteiger partial charge in [-0.3, -0.25) is 9.98 Å². The maximum absolute atomic E-state index is 10.1. The fraction of sp³-hybridized carbons (Fsp3) is 0.500. The molecule has 0 saturated carbocycles. The van der Waals surface area contributed by atoms with E-state index in [-0.39, 0.29) is 17.8 Å². The van der Waals surface area contributed by atoms with Crippen molar-refractivity contribution < 1.29 is 10.2 Å². The lowest BCUT2D eigenvalue weighted by Crippen LogP contribution is -2.32. The topological polar surface area (TPSA) is 69.0 Å². The van der Waals surface area contributed by atoms with Crippen LogP contribution in [0.4, 0.5) is 0 Å². The average Bonchev–Trinajstić information content (AvgIpc) is 2.47. The van der Waals surface area contributed by atoms with E-state index in [9.17, 15) is 10.2 Å². The Bertz CT molecular complexity index is 540. The van der Waals surface area contributed by atoms with Gasteiger partial charge >= 0.3 is 0 Å². The van der Waals surface area contributed by atoms with E-state index < -0.39 is 0 Å². The first-order valence-electron chi connectivity index (χ1n) is 7.49. The Kier molecular flexibility index (Phi) is 5.20. The van der Waals surface area contributed by atoms with Crippen LogP contribution in [0.5, 0.6) is 0 Å². The summed E-state index contributed by atoms with van der Waals surface area (Å²) in [6, 6.07) is 5.75. The number of aliphatic hydroxyl groups excluding tert-OH is 2. The number of nitrogens with zero attached hydrogens (tertiary/aromatic N) is 3. The van der Waals surface area contributed by atoms with Gasteiger partial charge in [0.05, 0.1) is 11.9 Å². The molecule has 2 N–H and O–H groups in total. The predicted octanol–water partition coefficient (Wildman–Crippen LogP) is 3.64. The number of aliphatic hydroxyl groups is 2. The standard InChI is InChI=1S/C16H23N3O2/c1-3-4-5-6-10-19-15(17-11-14(20)16(19)21)13-9-7-8-12(2)18-13/h7-9,11,15,20-21H,3-6,10H2,1-2H3. The molecule has 0 radical (unpaired) electrons. The maximum Gasteiger partial charge on any atom is 0.234 e. The van der Waals surface area contributed by atoms with Gasteiger partial charge in [-0.1, -0.05) is 32.3 Å². The zero-order valence-electron chi connectivity index (χ0n) is 12.7. The zero-order valence-corrected chi connectivity index (χ0v) is 12.7. The first-order chi connectivity index (χ1) is 10.1. The van der Waals surface area contributed by atoms with Crippen molar-refractivity contribution in [3.63, 3.8) is 0 Å². The third-order valence-electron chi connectivity index (χ3n) is 3.56. The molecule has 0 amide bonds. The third kappa shape index (κ3) is 3.74. The van der Waals surface area contributed by atoms with E-state index in [0.717, 1.165) is 30.7 Å². The number of pyridine rings is 1. The largest absolute Gasteiger partial charge is 0.502 e. The number of rotatable bonds is 6. The second-order valence-electron chi connectivity index (χ2n) is 5.32. The molecule has 0 bridgehead atoms. The van der Waals surface area contributed by atoms with Gasteiger partial charge in [0.15, 0.2) is 11.9 Å². The van der Waals surface area contributed by atoms with Gasteiger partial charge in [0.1, 0.15) is 0 Å². The van der Waals surface area contributed by atoms with E-state index in [0.29, 0.717) is 6.54 Å². The summed E-state index contributed by atoms with van der Waals surface area (Å²) in [4.78, 5) is 10.5. The molecule has 1 aliphatic rings. The summed E-state index contributed by atoms with van der Waals surface area (Å²) in [6.45, 7) is 4.73. The number of aliphatic imine (C=N–C) groups is 1. The molecule has 1 unspecified atom stereocenters. The van der Waals surface area contributed by atoms with E-state index in [4.69, 9.17) is 0 Å². The molecule has 0 spiro atoms. The summed E-state index contributed by atoms with van der Waals surface area (Å²) in [5.74, 6) is -0.302. The second-order valence-corrected chi connectivity index (χ2v) is 5.32. The lowest BCUT2D eigenvalue weighted by molar-refractivity contribution is 0.128. The Morgan fingerprint density at radius 3 is 2.71 bits per heavy atom. The average molecular weight is 289 g/mol. The minimum atomic E-state index is -0.373. The molecule has 21 heavy (non-hydrogen) atoms. The highest BCUT2D eigenvalue weighted by atomic mass is 16.3. The van der Waals surface area contributed by atoms with Crippen LogP contribution in [0.3, 0.4) is 0 Å². The lowest BCUT2D eigenvalue weighted by atomic mass is 10.1. The quantitative estimate of drug-likeness (QED) is 0.784. The molecular formula is C16H23N3O2. The zero-order chi connectivity index (χ0) is 15.2. The normalized spacial score (nSPS) is 18.4. The Morgan fingerprint density at radius 2 is 2.00 bits per heavy atom. The van der Waals surface area contributed by atoms with Gasteiger partial charge in [0, 0.05) is 12.2 Å². The maximum atomic E-state index is 10.1. The van der Waals surface area contributed by atoms with Gasteiger partial charge in [0.2, 0.25) is 5.88 Å². The van der Waals surface area contributed by atoms with Crippen LogP contribution in [-0.2, 0) is 0 Å². The Morgan fingerprint density at radius 1 is 1.19 bits per heavy atom. The molecule has 1 aromatic rings. The van der Waals surface area contributed by atoms with E-state index >= 15 is 0 Å². The highest BCUT2D eigenvalue weighted by Crippen LogP contribution is 2.28. The number of aryl methyl sites for hydroxylation is 1. The molecule has 2 heterocycles. The van der Waals surface area contributed by atoms with Gasteiger partial charge in [-0.05, 0) is 25.5 Å². The number of aromatic nitrogens is 1. The minimum absolute atomic E-state index is 0.116. The van der Waals surface area contributed by atoms with Crippen molar-refractivity contribution in [2.75, 3.05) is 6.54 Å². The lowest BCUT2D eigenvalue weighted by Gasteiger charge is -2.32. The SMILES string of the molecule is CCCCCCN1C(O)=C(O)C=NC1c1cccc(C)n1. The number of allylic oxidation sites excluding steroid dienone is 1. The highest BCUT2D eigenvalue weighted by Gasteiger charge is 2.27. The first kappa shape index (κ1) is 15.4. The molecule has 0 saturated heterocycles. The highest BCUT2D eigenvalue weighted by molar-refractivity contribution is 5.77. The second kappa shape index (κ2) is 7.11. The third-order valence-corrected chi connectivity index (χ3v) is 3.56. The van der Waals surface area contributed by atoms with Crippen LogP contribution in [-0.4, -0.2) is 32.9 Å². The van der Waals surface area contributed by atoms with Crippen molar-refractivity contribution in [2.24, 2.45) is 4.99 Å². The molecule has 5 nitrogen and oxygen atoms in total. The Balaban J connectivity index is 2.16. The Hall–Kier alpha value is -2.04. The number of unbranched alkanes of at least 4 members (excludes halogenated alkanes) is 3. The fourth-order valence-corrected chi connectivity index (χ4v) is 2.42. The van der Waals surface area contributed by atoms with Crippen molar-refractivity contribution >= 4 is 6.21 Å². The van der Waals surface area contributed by atoms with Crippen LogP contribution in [0.15, 0.2) is 34.8 Å². The summed E-state index contributed by atoms with van der Waals surface area (Å²) < 4.78 is 0. The van der Waals surface area contributed by atoms with Crippen molar-refractivity contribution in [1.29, 1.82) is 0 Å². The van der Waals surface area contributed by atoms with Crippen molar-refractivity contribution in [3.05, 3.63) is 41.2 Å². The summed E-state index contributed by atoms with van der Waals surface area (Å²) >= 11 is 0. The predicted molar refractivity (Wildman–Crippen MR) is 83.3 cm³/mol. The van der Waals surface area contributed by atoms with Crippen LogP contribution in [0.1, 0.15) is 50.2 Å². The molecule has 2 rings (SSSR count).